The van der Waals surface area contributed by atoms with E-state index >= 15 is 0 Å². The summed E-state index contributed by atoms with van der Waals surface area (Å²) in [5.41, 5.74) is 2.70. The van der Waals surface area contributed by atoms with Crippen LogP contribution in [0.5, 0.6) is 0 Å². The Morgan fingerprint density at radius 3 is 2.52 bits per heavy atom. The summed E-state index contributed by atoms with van der Waals surface area (Å²) in [5.74, 6) is -0.303. The molecule has 0 unspecified atom stereocenters. The minimum Gasteiger partial charge on any atom is -0.325 e. The van der Waals surface area contributed by atoms with Crippen LogP contribution >= 0.6 is 11.6 Å². The van der Waals surface area contributed by atoms with E-state index in [-0.39, 0.29) is 18.0 Å². The van der Waals surface area contributed by atoms with E-state index in [1.54, 1.807) is 28.9 Å². The highest BCUT2D eigenvalue weighted by Gasteiger charge is 2.13. The molecule has 0 saturated heterocycles. The van der Waals surface area contributed by atoms with Crippen LogP contribution in [-0.4, -0.2) is 25.2 Å². The van der Waals surface area contributed by atoms with Crippen molar-refractivity contribution in [1.82, 2.24) is 19.3 Å². The van der Waals surface area contributed by atoms with Gasteiger partial charge in [-0.25, -0.2) is 9.67 Å². The third-order valence-corrected chi connectivity index (χ3v) is 4.84. The minimum absolute atomic E-state index is 0.135. The van der Waals surface area contributed by atoms with E-state index in [1.807, 2.05) is 24.3 Å². The average molecular weight is 408 g/mol. The second-order valence-electron chi connectivity index (χ2n) is 6.55. The Balaban J connectivity index is 1.56. The highest BCUT2D eigenvalue weighted by Crippen LogP contribution is 2.16. The molecule has 0 saturated carbocycles. The molecule has 146 valence electrons. The van der Waals surface area contributed by atoms with Gasteiger partial charge < -0.3 is 5.32 Å². The highest BCUT2D eigenvalue weighted by atomic mass is 35.5. The average Bonchev–Trinajstić information content (AvgIpc) is 3.16. The molecule has 0 atom stereocenters. The maximum Gasteiger partial charge on any atom is 0.264 e. The van der Waals surface area contributed by atoms with Gasteiger partial charge in [0.05, 0.1) is 11.9 Å². The third-order valence-electron chi connectivity index (χ3n) is 4.59. The van der Waals surface area contributed by atoms with Crippen LogP contribution in [0, 0.1) is 0 Å². The third kappa shape index (κ3) is 3.90. The van der Waals surface area contributed by atoms with Gasteiger partial charge in [-0.3, -0.25) is 14.2 Å². The van der Waals surface area contributed by atoms with Crippen LogP contribution in [0.15, 0.2) is 65.8 Å². The fraction of sp³-hybridized carbons (Fsp3) is 0.143. The summed E-state index contributed by atoms with van der Waals surface area (Å²) in [6.07, 6.45) is 3.74. The van der Waals surface area contributed by atoms with Crippen molar-refractivity contribution in [1.29, 1.82) is 0 Å². The lowest BCUT2D eigenvalue weighted by Gasteiger charge is -2.08. The lowest BCUT2D eigenvalue weighted by atomic mass is 10.1. The van der Waals surface area contributed by atoms with E-state index in [9.17, 15) is 9.59 Å². The number of rotatable bonds is 5. The normalized spacial score (nSPS) is 11.0. The number of nitrogens with one attached hydrogen (secondary N) is 1. The summed E-state index contributed by atoms with van der Waals surface area (Å²) < 4.78 is 2.83. The lowest BCUT2D eigenvalue weighted by Crippen LogP contribution is -2.27. The van der Waals surface area contributed by atoms with Gasteiger partial charge in [0.2, 0.25) is 5.91 Å². The smallest absolute Gasteiger partial charge is 0.264 e. The standard InChI is InChI=1S/C21H18ClN5O2/c1-2-14-3-7-16(8-4-14)25-19(28)12-26-13-23-20-18(21(26)29)11-24-27(20)17-9-5-15(22)6-10-17/h3-11,13H,2,12H2,1H3,(H,25,28). The predicted molar refractivity (Wildman–Crippen MR) is 113 cm³/mol. The molecule has 0 spiro atoms. The van der Waals surface area contributed by atoms with Crippen LogP contribution in [0.4, 0.5) is 5.69 Å². The molecule has 7 nitrogen and oxygen atoms in total. The molecular weight excluding hydrogens is 390 g/mol. The van der Waals surface area contributed by atoms with Gasteiger partial charge >= 0.3 is 0 Å². The molecule has 2 aromatic carbocycles. The number of hydrogen-bond donors (Lipinski definition) is 1. The summed E-state index contributed by atoms with van der Waals surface area (Å²) in [6, 6.07) is 14.7. The molecule has 0 aliphatic carbocycles. The van der Waals surface area contributed by atoms with E-state index in [0.29, 0.717) is 21.7 Å². The number of halogens is 1. The number of benzene rings is 2. The number of anilines is 1. The molecular formula is C21H18ClN5O2. The zero-order chi connectivity index (χ0) is 20.4. The van der Waals surface area contributed by atoms with Gasteiger partial charge in [-0.2, -0.15) is 5.10 Å². The lowest BCUT2D eigenvalue weighted by molar-refractivity contribution is -0.116. The number of nitrogens with zero attached hydrogens (tertiary/aromatic N) is 4. The molecule has 8 heteroatoms. The van der Waals surface area contributed by atoms with Gasteiger partial charge in [-0.05, 0) is 48.4 Å². The second kappa shape index (κ2) is 7.89. The SMILES string of the molecule is CCc1ccc(NC(=O)Cn2cnc3c(cnn3-c3ccc(Cl)cc3)c2=O)cc1. The van der Waals surface area contributed by atoms with E-state index in [4.69, 9.17) is 11.6 Å². The Morgan fingerprint density at radius 2 is 1.83 bits per heavy atom. The van der Waals surface area contributed by atoms with Crippen LogP contribution in [0.2, 0.25) is 5.02 Å². The van der Waals surface area contributed by atoms with Crippen molar-refractivity contribution < 1.29 is 4.79 Å². The first kappa shape index (κ1) is 18.9. The Hall–Kier alpha value is -3.45. The number of fused-ring (bicyclic) bond motifs is 1. The van der Waals surface area contributed by atoms with Crippen molar-refractivity contribution in [2.45, 2.75) is 19.9 Å². The van der Waals surface area contributed by atoms with Crippen LogP contribution < -0.4 is 10.9 Å². The molecule has 1 N–H and O–H groups in total. The second-order valence-corrected chi connectivity index (χ2v) is 6.98. The Kier molecular flexibility index (Phi) is 5.14. The molecule has 0 fully saturated rings. The van der Waals surface area contributed by atoms with Crippen molar-refractivity contribution in [3.8, 4) is 5.69 Å². The molecule has 0 aliphatic rings. The van der Waals surface area contributed by atoms with Gasteiger partial charge in [0, 0.05) is 10.7 Å². The molecule has 1 amide bonds. The number of aryl methyl sites for hydroxylation is 1. The molecule has 2 heterocycles. The first-order valence-electron chi connectivity index (χ1n) is 9.13. The van der Waals surface area contributed by atoms with Crippen LogP contribution in [0.25, 0.3) is 16.7 Å². The maximum atomic E-state index is 12.8. The largest absolute Gasteiger partial charge is 0.325 e. The number of amides is 1. The monoisotopic (exact) mass is 407 g/mol. The van der Waals surface area contributed by atoms with E-state index in [2.05, 4.69) is 22.3 Å². The van der Waals surface area contributed by atoms with Crippen molar-refractivity contribution in [3.63, 3.8) is 0 Å². The highest BCUT2D eigenvalue weighted by molar-refractivity contribution is 6.30. The van der Waals surface area contributed by atoms with E-state index < -0.39 is 0 Å². The number of aromatic nitrogens is 4. The summed E-state index contributed by atoms with van der Waals surface area (Å²) in [6.45, 7) is 1.93. The van der Waals surface area contributed by atoms with Crippen molar-refractivity contribution in [2.24, 2.45) is 0 Å². The predicted octanol–water partition coefficient (Wildman–Crippen LogP) is 3.44. The van der Waals surface area contributed by atoms with E-state index in [1.165, 1.54) is 22.7 Å². The molecule has 0 aliphatic heterocycles. The number of carbonyl (C=O) groups excluding carboxylic acids is 1. The number of hydrogen-bond acceptors (Lipinski definition) is 4. The Morgan fingerprint density at radius 1 is 1.10 bits per heavy atom. The Labute approximate surface area is 171 Å². The van der Waals surface area contributed by atoms with E-state index in [0.717, 1.165) is 12.1 Å². The van der Waals surface area contributed by atoms with Crippen molar-refractivity contribution in [3.05, 3.63) is 82.0 Å². The summed E-state index contributed by atoms with van der Waals surface area (Å²) in [7, 11) is 0. The Bertz CT molecular complexity index is 1230. The quantitative estimate of drug-likeness (QED) is 0.549. The van der Waals surface area contributed by atoms with Crippen molar-refractivity contribution >= 4 is 34.2 Å². The van der Waals surface area contributed by atoms with Crippen LogP contribution in [-0.2, 0) is 17.8 Å². The van der Waals surface area contributed by atoms with Gasteiger partial charge in [0.25, 0.3) is 5.56 Å². The van der Waals surface area contributed by atoms with Gasteiger partial charge in [-0.1, -0.05) is 30.7 Å². The fourth-order valence-electron chi connectivity index (χ4n) is 3.01. The molecule has 2 aromatic heterocycles. The summed E-state index contributed by atoms with van der Waals surface area (Å²) in [4.78, 5) is 29.5. The summed E-state index contributed by atoms with van der Waals surface area (Å²) >= 11 is 5.92. The molecule has 29 heavy (non-hydrogen) atoms. The topological polar surface area (TPSA) is 81.8 Å². The zero-order valence-corrected chi connectivity index (χ0v) is 16.4. The molecule has 0 bridgehead atoms. The maximum absolute atomic E-state index is 12.8. The summed E-state index contributed by atoms with van der Waals surface area (Å²) in [5, 5.41) is 7.99. The molecule has 0 radical (unpaired) electrons. The van der Waals surface area contributed by atoms with Crippen LogP contribution in [0.3, 0.4) is 0 Å². The number of carbonyl (C=O) groups is 1. The minimum atomic E-state index is -0.327. The first-order chi connectivity index (χ1) is 14.0. The molecule has 4 rings (SSSR count). The van der Waals surface area contributed by atoms with Gasteiger partial charge in [0.15, 0.2) is 5.65 Å². The van der Waals surface area contributed by atoms with Crippen LogP contribution in [0.1, 0.15) is 12.5 Å². The fourth-order valence-corrected chi connectivity index (χ4v) is 3.14. The first-order valence-corrected chi connectivity index (χ1v) is 9.51. The molecule has 4 aromatic rings. The zero-order valence-electron chi connectivity index (χ0n) is 15.7. The van der Waals surface area contributed by atoms with Gasteiger partial charge in [-0.15, -0.1) is 0 Å². The van der Waals surface area contributed by atoms with Crippen molar-refractivity contribution in [2.75, 3.05) is 5.32 Å². The van der Waals surface area contributed by atoms with Gasteiger partial charge in [0.1, 0.15) is 18.3 Å².